The van der Waals surface area contributed by atoms with Gasteiger partial charge in [0.2, 0.25) is 0 Å². The Hall–Kier alpha value is -2.49. The summed E-state index contributed by atoms with van der Waals surface area (Å²) in [6.45, 7) is 0.402. The van der Waals surface area contributed by atoms with E-state index in [-0.39, 0.29) is 0 Å². The van der Waals surface area contributed by atoms with Gasteiger partial charge in [-0.3, -0.25) is 4.99 Å². The van der Waals surface area contributed by atoms with E-state index in [1.54, 1.807) is 25.5 Å². The van der Waals surface area contributed by atoms with Crippen LogP contribution in [0.15, 0.2) is 71.7 Å². The van der Waals surface area contributed by atoms with Gasteiger partial charge in [0.15, 0.2) is 5.75 Å². The van der Waals surface area contributed by atoms with Crippen molar-refractivity contribution in [3.05, 3.63) is 87.9 Å². The molecule has 26 heavy (non-hydrogen) atoms. The van der Waals surface area contributed by atoms with Crippen LogP contribution in [-0.4, -0.2) is 13.3 Å². The topological polar surface area (TPSA) is 30.8 Å². The minimum absolute atomic E-state index is 0.402. The van der Waals surface area contributed by atoms with Gasteiger partial charge < -0.3 is 9.47 Å². The van der Waals surface area contributed by atoms with Gasteiger partial charge in [-0.15, -0.1) is 0 Å². The first-order chi connectivity index (χ1) is 12.7. The Balaban J connectivity index is 1.72. The predicted molar refractivity (Wildman–Crippen MR) is 107 cm³/mol. The molecule has 0 bridgehead atoms. The molecule has 0 aliphatic carbocycles. The zero-order valence-corrected chi connectivity index (χ0v) is 15.7. The second-order valence-corrected chi connectivity index (χ2v) is 6.36. The lowest BCUT2D eigenvalue weighted by Gasteiger charge is -2.11. The largest absolute Gasteiger partial charge is 0.497 e. The second-order valence-electron chi connectivity index (χ2n) is 5.54. The predicted octanol–water partition coefficient (Wildman–Crippen LogP) is 6.33. The summed E-state index contributed by atoms with van der Waals surface area (Å²) in [6.07, 6.45) is 1.71. The normalized spacial score (nSPS) is 10.9. The monoisotopic (exact) mass is 385 g/mol. The van der Waals surface area contributed by atoms with E-state index in [0.717, 1.165) is 22.6 Å². The van der Waals surface area contributed by atoms with Gasteiger partial charge in [0.25, 0.3) is 0 Å². The summed E-state index contributed by atoms with van der Waals surface area (Å²) in [5, 5.41) is 0.897. The maximum absolute atomic E-state index is 6.33. The van der Waals surface area contributed by atoms with Gasteiger partial charge in [0, 0.05) is 6.21 Å². The van der Waals surface area contributed by atoms with Crippen molar-refractivity contribution in [1.82, 2.24) is 0 Å². The molecule has 0 aromatic heterocycles. The van der Waals surface area contributed by atoms with E-state index in [9.17, 15) is 0 Å². The summed E-state index contributed by atoms with van der Waals surface area (Å²) in [7, 11) is 1.63. The molecule has 3 aromatic carbocycles. The van der Waals surface area contributed by atoms with E-state index in [4.69, 9.17) is 32.7 Å². The molecule has 0 aliphatic heterocycles. The minimum atomic E-state index is 0.402. The van der Waals surface area contributed by atoms with Crippen molar-refractivity contribution in [2.45, 2.75) is 6.61 Å². The van der Waals surface area contributed by atoms with Crippen LogP contribution in [0.3, 0.4) is 0 Å². The molecule has 0 atom stereocenters. The van der Waals surface area contributed by atoms with Crippen molar-refractivity contribution < 1.29 is 9.47 Å². The van der Waals surface area contributed by atoms with Gasteiger partial charge >= 0.3 is 0 Å². The van der Waals surface area contributed by atoms with E-state index in [1.807, 2.05) is 54.6 Å². The SMILES string of the molecule is COc1ccc(N=Cc2cc(Cl)c(OCc3ccccc3)c(Cl)c2)cc1. The highest BCUT2D eigenvalue weighted by Gasteiger charge is 2.09. The molecule has 0 amide bonds. The van der Waals surface area contributed by atoms with Crippen LogP contribution in [0.1, 0.15) is 11.1 Å². The van der Waals surface area contributed by atoms with Crippen molar-refractivity contribution in [2.75, 3.05) is 7.11 Å². The fourth-order valence-electron chi connectivity index (χ4n) is 2.34. The molecule has 3 rings (SSSR count). The Morgan fingerprint density at radius 2 is 1.58 bits per heavy atom. The van der Waals surface area contributed by atoms with Crippen LogP contribution in [-0.2, 0) is 6.61 Å². The Kier molecular flexibility index (Phi) is 6.16. The standard InChI is InChI=1S/C21H17Cl2NO2/c1-25-18-9-7-17(8-10-18)24-13-16-11-19(22)21(20(23)12-16)26-14-15-5-3-2-4-6-15/h2-13H,14H2,1H3. The molecule has 0 spiro atoms. The van der Waals surface area contributed by atoms with Crippen LogP contribution in [0.25, 0.3) is 0 Å². The number of methoxy groups -OCH3 is 1. The van der Waals surface area contributed by atoms with Gasteiger partial charge in [-0.1, -0.05) is 53.5 Å². The first-order valence-corrected chi connectivity index (χ1v) is 8.75. The summed E-state index contributed by atoms with van der Waals surface area (Å²) < 4.78 is 10.9. The first kappa shape index (κ1) is 18.3. The molecule has 0 unspecified atom stereocenters. The van der Waals surface area contributed by atoms with Gasteiger partial charge in [0.1, 0.15) is 12.4 Å². The molecule has 0 heterocycles. The molecule has 0 saturated carbocycles. The van der Waals surface area contributed by atoms with E-state index >= 15 is 0 Å². The summed E-state index contributed by atoms with van der Waals surface area (Å²) in [6, 6.07) is 20.9. The van der Waals surface area contributed by atoms with Crippen LogP contribution < -0.4 is 9.47 Å². The second kappa shape index (κ2) is 8.75. The molecular weight excluding hydrogens is 369 g/mol. The number of hydrogen-bond donors (Lipinski definition) is 0. The smallest absolute Gasteiger partial charge is 0.157 e. The van der Waals surface area contributed by atoms with Crippen molar-refractivity contribution in [2.24, 2.45) is 4.99 Å². The molecule has 0 saturated heterocycles. The molecule has 0 radical (unpaired) electrons. The molecule has 132 valence electrons. The average molecular weight is 386 g/mol. The highest BCUT2D eigenvalue weighted by Crippen LogP contribution is 2.34. The number of hydrogen-bond acceptors (Lipinski definition) is 3. The number of rotatable bonds is 6. The third-order valence-corrected chi connectivity index (χ3v) is 4.24. The highest BCUT2D eigenvalue weighted by molar-refractivity contribution is 6.37. The van der Waals surface area contributed by atoms with Gasteiger partial charge in [-0.25, -0.2) is 0 Å². The number of halogens is 2. The lowest BCUT2D eigenvalue weighted by Crippen LogP contribution is -1.97. The van der Waals surface area contributed by atoms with E-state index in [0.29, 0.717) is 22.4 Å². The fourth-order valence-corrected chi connectivity index (χ4v) is 2.95. The third kappa shape index (κ3) is 4.78. The molecule has 5 heteroatoms. The van der Waals surface area contributed by atoms with Crippen LogP contribution in [0.4, 0.5) is 5.69 Å². The summed E-state index contributed by atoms with van der Waals surface area (Å²) in [5.74, 6) is 1.26. The van der Waals surface area contributed by atoms with Crippen LogP contribution >= 0.6 is 23.2 Å². The van der Waals surface area contributed by atoms with E-state index in [2.05, 4.69) is 4.99 Å². The van der Waals surface area contributed by atoms with Crippen molar-refractivity contribution in [3.63, 3.8) is 0 Å². The third-order valence-electron chi connectivity index (χ3n) is 3.68. The van der Waals surface area contributed by atoms with Crippen molar-refractivity contribution >= 4 is 35.1 Å². The highest BCUT2D eigenvalue weighted by atomic mass is 35.5. The molecular formula is C21H17Cl2NO2. The Morgan fingerprint density at radius 3 is 2.19 bits per heavy atom. The molecule has 0 N–H and O–H groups in total. The Labute approximate surface area is 162 Å². The Bertz CT molecular complexity index is 871. The average Bonchev–Trinajstić information content (AvgIpc) is 2.67. The maximum atomic E-state index is 6.33. The number of aliphatic imine (C=N–C) groups is 1. The Morgan fingerprint density at radius 1 is 0.923 bits per heavy atom. The van der Waals surface area contributed by atoms with Gasteiger partial charge in [0.05, 0.1) is 22.8 Å². The van der Waals surface area contributed by atoms with Crippen molar-refractivity contribution in [1.29, 1.82) is 0 Å². The van der Waals surface area contributed by atoms with Gasteiger partial charge in [-0.2, -0.15) is 0 Å². The number of nitrogens with zero attached hydrogens (tertiary/aromatic N) is 1. The minimum Gasteiger partial charge on any atom is -0.497 e. The summed E-state index contributed by atoms with van der Waals surface area (Å²) >= 11 is 12.7. The fraction of sp³-hybridized carbons (Fsp3) is 0.0952. The van der Waals surface area contributed by atoms with Gasteiger partial charge in [-0.05, 0) is 47.5 Å². The quantitative estimate of drug-likeness (QED) is 0.464. The number of ether oxygens (including phenoxy) is 2. The summed E-state index contributed by atoms with van der Waals surface area (Å²) in [4.78, 5) is 4.42. The van der Waals surface area contributed by atoms with Crippen molar-refractivity contribution in [3.8, 4) is 11.5 Å². The van der Waals surface area contributed by atoms with Crippen LogP contribution in [0, 0.1) is 0 Å². The lowest BCUT2D eigenvalue weighted by molar-refractivity contribution is 0.306. The van der Waals surface area contributed by atoms with Crippen LogP contribution in [0.5, 0.6) is 11.5 Å². The zero-order valence-electron chi connectivity index (χ0n) is 14.2. The first-order valence-electron chi connectivity index (χ1n) is 7.99. The van der Waals surface area contributed by atoms with E-state index in [1.165, 1.54) is 0 Å². The lowest BCUT2D eigenvalue weighted by atomic mass is 10.2. The molecule has 3 aromatic rings. The van der Waals surface area contributed by atoms with Crippen LogP contribution in [0.2, 0.25) is 10.0 Å². The van der Waals surface area contributed by atoms with E-state index < -0.39 is 0 Å². The molecule has 0 aliphatic rings. The zero-order chi connectivity index (χ0) is 18.4. The molecule has 0 fully saturated rings. The summed E-state index contributed by atoms with van der Waals surface area (Å²) in [5.41, 5.74) is 2.65. The number of benzene rings is 3. The molecule has 3 nitrogen and oxygen atoms in total. The maximum Gasteiger partial charge on any atom is 0.157 e.